The van der Waals surface area contributed by atoms with Gasteiger partial charge in [0.1, 0.15) is 36.0 Å². The van der Waals surface area contributed by atoms with E-state index >= 15 is 0 Å². The molecule has 0 spiro atoms. The van der Waals surface area contributed by atoms with Crippen molar-refractivity contribution in [3.8, 4) is 28.8 Å². The third kappa shape index (κ3) is 6.50. The number of aromatic nitrogens is 6. The average molecular weight is 647 g/mol. The summed E-state index contributed by atoms with van der Waals surface area (Å²) in [5.74, 6) is 7.10. The molecule has 0 aliphatic rings. The predicted molar refractivity (Wildman–Crippen MR) is 182 cm³/mol. The molecule has 3 heterocycles. The number of rotatable bonds is 8. The van der Waals surface area contributed by atoms with Crippen molar-refractivity contribution in [1.82, 2.24) is 34.2 Å². The summed E-state index contributed by atoms with van der Waals surface area (Å²) >= 11 is 6.55. The van der Waals surface area contributed by atoms with Gasteiger partial charge in [-0.25, -0.2) is 19.6 Å². The van der Waals surface area contributed by atoms with Crippen LogP contribution in [0, 0.1) is 11.8 Å². The van der Waals surface area contributed by atoms with Crippen LogP contribution in [-0.4, -0.2) is 59.3 Å². The van der Waals surface area contributed by atoms with E-state index in [9.17, 15) is 14.7 Å². The quantitative estimate of drug-likeness (QED) is 0.176. The van der Waals surface area contributed by atoms with Crippen LogP contribution >= 0.6 is 11.6 Å². The number of unbranched alkanes of at least 4 members (excludes halogenated alkanes) is 1. The van der Waals surface area contributed by atoms with E-state index in [0.29, 0.717) is 68.9 Å². The first kappa shape index (κ1) is 31.3. The van der Waals surface area contributed by atoms with Crippen LogP contribution in [0.3, 0.4) is 0 Å². The summed E-state index contributed by atoms with van der Waals surface area (Å²) in [6.07, 6.45) is 2.89. The number of carbonyl (C=O) groups excluding carboxylic acids is 1. The number of nitrogen functional groups attached to an aromatic ring is 1. The van der Waals surface area contributed by atoms with Crippen LogP contribution in [0.25, 0.3) is 33.2 Å². The van der Waals surface area contributed by atoms with Gasteiger partial charge in [0.25, 0.3) is 5.56 Å². The monoisotopic (exact) mass is 646 g/mol. The highest BCUT2D eigenvalue weighted by molar-refractivity contribution is 6.31. The minimum absolute atomic E-state index is 0.0467. The lowest BCUT2D eigenvalue weighted by Crippen LogP contribution is -2.28. The number of nitrogens with two attached hydrogens (primary N) is 1. The average Bonchev–Trinajstić information content (AvgIpc) is 3.43. The van der Waals surface area contributed by atoms with Crippen molar-refractivity contribution in [3.63, 3.8) is 0 Å². The van der Waals surface area contributed by atoms with Crippen LogP contribution in [0.2, 0.25) is 5.02 Å². The summed E-state index contributed by atoms with van der Waals surface area (Å²) in [5, 5.41) is 16.1. The van der Waals surface area contributed by atoms with Crippen molar-refractivity contribution in [2.24, 2.45) is 0 Å². The molecule has 0 atom stereocenters. The molecule has 3 N–H and O–H groups in total. The van der Waals surface area contributed by atoms with Gasteiger partial charge in [0, 0.05) is 43.1 Å². The Morgan fingerprint density at radius 2 is 1.79 bits per heavy atom. The summed E-state index contributed by atoms with van der Waals surface area (Å²) in [5.41, 5.74) is 9.52. The standard InChI is InChI=1S/C35H31ClN8O3/c1-42(2)29(46)14-5-3-4-9-22-11-8-13-27-30(22)35(47)43(19-24-10-6-7-12-26(24)36)28(40-27)20-44-34-31(33(37)38-21-39-34)32(41-44)23-15-17-25(45)18-16-23/h6-8,10-13,15-18,21,45H,3,5,14,19-20H2,1-2H3,(H2,37,38,39). The molecule has 47 heavy (non-hydrogen) atoms. The first-order valence-corrected chi connectivity index (χ1v) is 15.3. The number of fused-ring (bicyclic) bond motifs is 2. The van der Waals surface area contributed by atoms with Gasteiger partial charge in [-0.15, -0.1) is 0 Å². The highest BCUT2D eigenvalue weighted by Gasteiger charge is 2.21. The zero-order chi connectivity index (χ0) is 33.1. The van der Waals surface area contributed by atoms with Gasteiger partial charge < -0.3 is 15.7 Å². The number of hydrogen-bond donors (Lipinski definition) is 2. The highest BCUT2D eigenvalue weighted by atomic mass is 35.5. The van der Waals surface area contributed by atoms with Gasteiger partial charge in [0.15, 0.2) is 5.65 Å². The summed E-state index contributed by atoms with van der Waals surface area (Å²) in [6.45, 7) is 0.239. The Hall–Kier alpha value is -5.73. The minimum atomic E-state index is -0.276. The zero-order valence-electron chi connectivity index (χ0n) is 25.8. The topological polar surface area (TPSA) is 145 Å². The van der Waals surface area contributed by atoms with Crippen molar-refractivity contribution >= 4 is 45.3 Å². The summed E-state index contributed by atoms with van der Waals surface area (Å²) in [7, 11) is 3.46. The van der Waals surface area contributed by atoms with E-state index < -0.39 is 0 Å². The summed E-state index contributed by atoms with van der Waals surface area (Å²) < 4.78 is 3.23. The molecule has 11 nitrogen and oxygen atoms in total. The molecule has 6 aromatic rings. The largest absolute Gasteiger partial charge is 0.508 e. The van der Waals surface area contributed by atoms with E-state index in [1.54, 1.807) is 70.7 Å². The lowest BCUT2D eigenvalue weighted by Gasteiger charge is -2.15. The molecule has 236 valence electrons. The van der Waals surface area contributed by atoms with Crippen LogP contribution in [0.5, 0.6) is 5.75 Å². The van der Waals surface area contributed by atoms with E-state index in [4.69, 9.17) is 27.4 Å². The fourth-order valence-corrected chi connectivity index (χ4v) is 5.50. The molecule has 0 aliphatic heterocycles. The van der Waals surface area contributed by atoms with E-state index in [2.05, 4.69) is 21.8 Å². The van der Waals surface area contributed by atoms with Crippen molar-refractivity contribution in [2.45, 2.75) is 32.4 Å². The number of aromatic hydroxyl groups is 1. The van der Waals surface area contributed by atoms with Gasteiger partial charge in [0.2, 0.25) is 5.91 Å². The maximum absolute atomic E-state index is 14.4. The third-order valence-electron chi connectivity index (χ3n) is 7.75. The molecule has 0 fully saturated rings. The van der Waals surface area contributed by atoms with Gasteiger partial charge in [-0.2, -0.15) is 5.10 Å². The van der Waals surface area contributed by atoms with Gasteiger partial charge in [-0.3, -0.25) is 14.2 Å². The van der Waals surface area contributed by atoms with Crippen molar-refractivity contribution < 1.29 is 9.90 Å². The number of anilines is 1. The predicted octanol–water partition coefficient (Wildman–Crippen LogP) is 4.85. The molecule has 0 saturated carbocycles. The van der Waals surface area contributed by atoms with E-state index in [1.807, 2.05) is 24.3 Å². The number of phenolic OH excluding ortho intramolecular Hbond substituents is 1. The van der Waals surface area contributed by atoms with Crippen LogP contribution in [0.15, 0.2) is 77.9 Å². The Morgan fingerprint density at radius 1 is 1.00 bits per heavy atom. The Balaban J connectivity index is 1.46. The molecule has 1 amide bonds. The van der Waals surface area contributed by atoms with Crippen LogP contribution in [0.1, 0.15) is 36.2 Å². The number of hydrogen-bond acceptors (Lipinski definition) is 8. The number of nitrogens with zero attached hydrogens (tertiary/aromatic N) is 7. The van der Waals surface area contributed by atoms with Gasteiger partial charge in [0.05, 0.1) is 22.8 Å². The fraction of sp³-hybridized carbons (Fsp3) is 0.200. The SMILES string of the molecule is CN(C)C(=O)CCCC#Cc1cccc2nc(Cn3nc(-c4ccc(O)cc4)c4c(N)ncnc43)n(Cc3ccccc3Cl)c(=O)c12. The van der Waals surface area contributed by atoms with Gasteiger partial charge in [-0.05, 0) is 54.4 Å². The van der Waals surface area contributed by atoms with Crippen molar-refractivity contribution in [3.05, 3.63) is 105 Å². The molecule has 0 aliphatic carbocycles. The Morgan fingerprint density at radius 3 is 2.55 bits per heavy atom. The highest BCUT2D eigenvalue weighted by Crippen LogP contribution is 2.31. The Bertz CT molecular complexity index is 2250. The van der Waals surface area contributed by atoms with Crippen molar-refractivity contribution in [2.75, 3.05) is 19.8 Å². The lowest BCUT2D eigenvalue weighted by atomic mass is 10.1. The van der Waals surface area contributed by atoms with Crippen LogP contribution in [-0.2, 0) is 17.9 Å². The molecule has 12 heteroatoms. The zero-order valence-corrected chi connectivity index (χ0v) is 26.6. The number of carbonyl (C=O) groups is 1. The maximum Gasteiger partial charge on any atom is 0.263 e. The number of amides is 1. The minimum Gasteiger partial charge on any atom is -0.508 e. The third-order valence-corrected chi connectivity index (χ3v) is 8.12. The molecule has 6 rings (SSSR count). The normalized spacial score (nSPS) is 11.0. The van der Waals surface area contributed by atoms with Gasteiger partial charge >= 0.3 is 0 Å². The molecule has 3 aromatic carbocycles. The Labute approximate surface area is 275 Å². The molecular formula is C35H31ClN8O3. The fourth-order valence-electron chi connectivity index (χ4n) is 5.30. The number of benzene rings is 3. The van der Waals surface area contributed by atoms with E-state index in [0.717, 1.165) is 5.56 Å². The van der Waals surface area contributed by atoms with E-state index in [1.165, 1.54) is 6.33 Å². The van der Waals surface area contributed by atoms with Crippen LogP contribution < -0.4 is 11.3 Å². The second-order valence-electron chi connectivity index (χ2n) is 11.2. The summed E-state index contributed by atoms with van der Waals surface area (Å²) in [6, 6.07) is 19.3. The smallest absolute Gasteiger partial charge is 0.263 e. The number of halogens is 1. The molecule has 0 unspecified atom stereocenters. The summed E-state index contributed by atoms with van der Waals surface area (Å²) in [4.78, 5) is 41.5. The first-order valence-electron chi connectivity index (χ1n) is 14.9. The lowest BCUT2D eigenvalue weighted by molar-refractivity contribution is -0.128. The van der Waals surface area contributed by atoms with Gasteiger partial charge in [-0.1, -0.05) is 47.7 Å². The second-order valence-corrected chi connectivity index (χ2v) is 11.6. The molecular weight excluding hydrogens is 616 g/mol. The molecule has 3 aromatic heterocycles. The molecule has 0 bridgehead atoms. The Kier molecular flexibility index (Phi) is 8.86. The number of phenols is 1. The second kappa shape index (κ2) is 13.3. The molecule has 0 saturated heterocycles. The maximum atomic E-state index is 14.4. The molecule has 0 radical (unpaired) electrons. The first-order chi connectivity index (χ1) is 22.7. The van der Waals surface area contributed by atoms with E-state index in [-0.39, 0.29) is 36.1 Å². The van der Waals surface area contributed by atoms with Crippen LogP contribution in [0.4, 0.5) is 5.82 Å². The van der Waals surface area contributed by atoms with Crippen molar-refractivity contribution in [1.29, 1.82) is 0 Å².